The fourth-order valence-electron chi connectivity index (χ4n) is 1.70. The second-order valence-electron chi connectivity index (χ2n) is 5.04. The van der Waals surface area contributed by atoms with Gasteiger partial charge < -0.3 is 9.84 Å². The molecule has 0 unspecified atom stereocenters. The van der Waals surface area contributed by atoms with E-state index in [0.29, 0.717) is 0 Å². The number of carbonyl (C=O) groups is 1. The summed E-state index contributed by atoms with van der Waals surface area (Å²) in [5.74, 6) is -0.109. The molecule has 1 fully saturated rings. The highest BCUT2D eigenvalue weighted by atomic mass is 16.6. The molecule has 0 atom stereocenters. The highest BCUT2D eigenvalue weighted by Gasteiger charge is 2.28. The van der Waals surface area contributed by atoms with Gasteiger partial charge in [0.2, 0.25) is 0 Å². The van der Waals surface area contributed by atoms with Gasteiger partial charge in [0.15, 0.2) is 0 Å². The predicted octanol–water partition coefficient (Wildman–Crippen LogP) is 1.88. The average Bonchev–Trinajstić information content (AvgIpc) is 2.02. The van der Waals surface area contributed by atoms with E-state index in [2.05, 4.69) is 0 Å². The van der Waals surface area contributed by atoms with E-state index in [1.807, 2.05) is 20.8 Å². The zero-order chi connectivity index (χ0) is 10.8. The van der Waals surface area contributed by atoms with Crippen LogP contribution in [0.25, 0.3) is 0 Å². The molecule has 0 aromatic heterocycles. The van der Waals surface area contributed by atoms with Gasteiger partial charge in [-0.05, 0) is 46.5 Å². The monoisotopic (exact) mass is 200 g/mol. The third-order valence-corrected chi connectivity index (χ3v) is 2.44. The maximum atomic E-state index is 11.6. The van der Waals surface area contributed by atoms with Crippen LogP contribution in [-0.2, 0) is 9.53 Å². The molecule has 82 valence electrons. The van der Waals surface area contributed by atoms with Gasteiger partial charge in [-0.3, -0.25) is 4.79 Å². The first kappa shape index (κ1) is 11.5. The van der Waals surface area contributed by atoms with Crippen molar-refractivity contribution in [2.45, 2.75) is 58.2 Å². The van der Waals surface area contributed by atoms with E-state index in [4.69, 9.17) is 4.74 Å². The van der Waals surface area contributed by atoms with Gasteiger partial charge >= 0.3 is 5.97 Å². The number of esters is 1. The number of hydrogen-bond donors (Lipinski definition) is 1. The van der Waals surface area contributed by atoms with Crippen molar-refractivity contribution in [3.63, 3.8) is 0 Å². The van der Waals surface area contributed by atoms with E-state index < -0.39 is 5.60 Å². The van der Waals surface area contributed by atoms with Crippen molar-refractivity contribution in [3.8, 4) is 0 Å². The summed E-state index contributed by atoms with van der Waals surface area (Å²) in [6.45, 7) is 5.63. The first-order valence-electron chi connectivity index (χ1n) is 5.29. The van der Waals surface area contributed by atoms with Crippen LogP contribution in [0, 0.1) is 5.92 Å². The van der Waals surface area contributed by atoms with E-state index >= 15 is 0 Å². The summed E-state index contributed by atoms with van der Waals surface area (Å²) in [6.07, 6.45) is 2.76. The zero-order valence-electron chi connectivity index (χ0n) is 9.25. The van der Waals surface area contributed by atoms with Crippen LogP contribution in [0.15, 0.2) is 0 Å². The SMILES string of the molecule is CC(C)(C)OC(=O)[C@H]1CC[C@H](O)CC1. The second-order valence-corrected chi connectivity index (χ2v) is 5.04. The fraction of sp³-hybridized carbons (Fsp3) is 0.909. The number of carbonyl (C=O) groups excluding carboxylic acids is 1. The molecular weight excluding hydrogens is 180 g/mol. The molecule has 0 aromatic carbocycles. The summed E-state index contributed by atoms with van der Waals surface area (Å²) in [7, 11) is 0. The molecule has 3 heteroatoms. The minimum atomic E-state index is -0.396. The molecule has 0 saturated heterocycles. The van der Waals surface area contributed by atoms with Crippen molar-refractivity contribution in [1.82, 2.24) is 0 Å². The lowest BCUT2D eigenvalue weighted by molar-refractivity contribution is -0.161. The van der Waals surface area contributed by atoms with Gasteiger partial charge in [0.05, 0.1) is 12.0 Å². The fourth-order valence-corrected chi connectivity index (χ4v) is 1.70. The molecule has 1 aliphatic carbocycles. The topological polar surface area (TPSA) is 46.5 Å². The third-order valence-electron chi connectivity index (χ3n) is 2.44. The summed E-state index contributed by atoms with van der Waals surface area (Å²) in [6, 6.07) is 0. The van der Waals surface area contributed by atoms with Gasteiger partial charge in [0.25, 0.3) is 0 Å². The maximum Gasteiger partial charge on any atom is 0.309 e. The summed E-state index contributed by atoms with van der Waals surface area (Å²) in [5.41, 5.74) is -0.396. The number of ether oxygens (including phenoxy) is 1. The van der Waals surface area contributed by atoms with Crippen molar-refractivity contribution in [1.29, 1.82) is 0 Å². The normalized spacial score (nSPS) is 28.6. The minimum absolute atomic E-state index is 0.00220. The lowest BCUT2D eigenvalue weighted by Gasteiger charge is -2.27. The molecule has 0 aliphatic heterocycles. The van der Waals surface area contributed by atoms with Crippen LogP contribution in [0.3, 0.4) is 0 Å². The van der Waals surface area contributed by atoms with Gasteiger partial charge in [-0.15, -0.1) is 0 Å². The van der Waals surface area contributed by atoms with Crippen LogP contribution < -0.4 is 0 Å². The first-order chi connectivity index (χ1) is 6.38. The first-order valence-corrected chi connectivity index (χ1v) is 5.29. The maximum absolute atomic E-state index is 11.6. The summed E-state index contributed by atoms with van der Waals surface area (Å²) >= 11 is 0. The van der Waals surface area contributed by atoms with Crippen LogP contribution in [0.1, 0.15) is 46.5 Å². The van der Waals surface area contributed by atoms with Crippen LogP contribution in [0.5, 0.6) is 0 Å². The highest BCUT2D eigenvalue weighted by molar-refractivity contribution is 5.72. The van der Waals surface area contributed by atoms with Gasteiger partial charge in [-0.1, -0.05) is 0 Å². The highest BCUT2D eigenvalue weighted by Crippen LogP contribution is 2.26. The zero-order valence-corrected chi connectivity index (χ0v) is 9.25. The standard InChI is InChI=1S/C11H20O3/c1-11(2,3)14-10(13)8-4-6-9(12)7-5-8/h8-9,12H,4-7H2,1-3H3/t8-,9-. The molecule has 0 heterocycles. The number of hydrogen-bond acceptors (Lipinski definition) is 3. The quantitative estimate of drug-likeness (QED) is 0.657. The molecule has 1 N–H and O–H groups in total. The molecule has 0 spiro atoms. The molecule has 1 aliphatic rings. The summed E-state index contributed by atoms with van der Waals surface area (Å²) in [4.78, 5) is 11.6. The van der Waals surface area contributed by atoms with Crippen molar-refractivity contribution in [3.05, 3.63) is 0 Å². The van der Waals surface area contributed by atoms with E-state index in [9.17, 15) is 9.90 Å². The molecule has 1 saturated carbocycles. The molecule has 0 radical (unpaired) electrons. The lowest BCUT2D eigenvalue weighted by atomic mass is 9.87. The Hall–Kier alpha value is -0.570. The van der Waals surface area contributed by atoms with Gasteiger partial charge in [-0.2, -0.15) is 0 Å². The van der Waals surface area contributed by atoms with E-state index in [1.165, 1.54) is 0 Å². The van der Waals surface area contributed by atoms with Crippen LogP contribution >= 0.6 is 0 Å². The van der Waals surface area contributed by atoms with Crippen molar-refractivity contribution >= 4 is 5.97 Å². The summed E-state index contributed by atoms with van der Waals surface area (Å²) < 4.78 is 5.29. The molecule has 0 aromatic rings. The summed E-state index contributed by atoms with van der Waals surface area (Å²) in [5, 5.41) is 9.29. The Balaban J connectivity index is 2.38. The van der Waals surface area contributed by atoms with Crippen molar-refractivity contribution in [2.75, 3.05) is 0 Å². The largest absolute Gasteiger partial charge is 0.460 e. The Morgan fingerprint density at radius 2 is 1.71 bits per heavy atom. The smallest absolute Gasteiger partial charge is 0.309 e. The number of rotatable bonds is 1. The Labute approximate surface area is 85.5 Å². The number of aliphatic hydroxyl groups is 1. The van der Waals surface area contributed by atoms with Crippen LogP contribution in [0.4, 0.5) is 0 Å². The third kappa shape index (κ3) is 3.66. The molecule has 1 rings (SSSR count). The van der Waals surface area contributed by atoms with Crippen LogP contribution in [-0.4, -0.2) is 22.8 Å². The Bertz CT molecular complexity index is 197. The van der Waals surface area contributed by atoms with Gasteiger partial charge in [0.1, 0.15) is 5.60 Å². The lowest BCUT2D eigenvalue weighted by Crippen LogP contribution is -2.31. The van der Waals surface area contributed by atoms with E-state index in [-0.39, 0.29) is 18.0 Å². The van der Waals surface area contributed by atoms with Gasteiger partial charge in [-0.25, -0.2) is 0 Å². The van der Waals surface area contributed by atoms with Crippen molar-refractivity contribution < 1.29 is 14.6 Å². The Kier molecular flexibility index (Phi) is 3.53. The molecule has 3 nitrogen and oxygen atoms in total. The Morgan fingerprint density at radius 3 is 2.14 bits per heavy atom. The van der Waals surface area contributed by atoms with Crippen LogP contribution in [0.2, 0.25) is 0 Å². The molecule has 0 bridgehead atoms. The van der Waals surface area contributed by atoms with E-state index in [1.54, 1.807) is 0 Å². The Morgan fingerprint density at radius 1 is 1.21 bits per heavy atom. The molecule has 14 heavy (non-hydrogen) atoms. The van der Waals surface area contributed by atoms with Crippen molar-refractivity contribution in [2.24, 2.45) is 5.92 Å². The average molecular weight is 200 g/mol. The number of aliphatic hydroxyl groups excluding tert-OH is 1. The van der Waals surface area contributed by atoms with E-state index in [0.717, 1.165) is 25.7 Å². The van der Waals surface area contributed by atoms with Gasteiger partial charge in [0, 0.05) is 0 Å². The molecular formula is C11H20O3. The second kappa shape index (κ2) is 4.30. The molecule has 0 amide bonds. The minimum Gasteiger partial charge on any atom is -0.460 e. The predicted molar refractivity (Wildman–Crippen MR) is 53.8 cm³/mol.